The Labute approximate surface area is 306 Å². The largest absolute Gasteiger partial charge is 0.309 e. The zero-order valence-electron chi connectivity index (χ0n) is 29.3. The van der Waals surface area contributed by atoms with Gasteiger partial charge in [-0.25, -0.2) is 0 Å². The lowest BCUT2D eigenvalue weighted by atomic mass is 10.0. The molecule has 0 aliphatic heterocycles. The third-order valence-electron chi connectivity index (χ3n) is 10.2. The third kappa shape index (κ3) is 5.99. The van der Waals surface area contributed by atoms with Crippen LogP contribution in [0, 0.1) is 0 Å². The fourth-order valence-electron chi connectivity index (χ4n) is 7.52. The SMILES string of the molecule is CCCCCc1ccc2c(c1)c1cc(P(=O)(c3ccccc3)c3ccccc3)ccc1n2-c1ccc(P(=O)(c2ccccc2)c2ccccc2)cc1. The fourth-order valence-corrected chi connectivity index (χ4v) is 12.8. The monoisotopic (exact) mass is 713 g/mol. The van der Waals surface area contributed by atoms with Crippen molar-refractivity contribution in [2.45, 2.75) is 32.6 Å². The molecule has 1 heterocycles. The van der Waals surface area contributed by atoms with Crippen LogP contribution in [0.3, 0.4) is 0 Å². The van der Waals surface area contributed by atoms with Gasteiger partial charge in [-0.2, -0.15) is 0 Å². The van der Waals surface area contributed by atoms with E-state index in [4.69, 9.17) is 0 Å². The summed E-state index contributed by atoms with van der Waals surface area (Å²) in [6, 6.07) is 60.8. The van der Waals surface area contributed by atoms with Crippen molar-refractivity contribution in [3.63, 3.8) is 0 Å². The van der Waals surface area contributed by atoms with Gasteiger partial charge >= 0.3 is 0 Å². The number of fused-ring (bicyclic) bond motifs is 3. The van der Waals surface area contributed by atoms with Crippen LogP contribution >= 0.6 is 14.3 Å². The number of hydrogen-bond donors (Lipinski definition) is 0. The lowest BCUT2D eigenvalue weighted by Gasteiger charge is -2.21. The second-order valence-electron chi connectivity index (χ2n) is 13.4. The average molecular weight is 714 g/mol. The molecule has 0 saturated heterocycles. The second-order valence-corrected chi connectivity index (χ2v) is 19.0. The number of nitrogens with zero attached hydrogens (tertiary/aromatic N) is 1. The van der Waals surface area contributed by atoms with Crippen LogP contribution in [0.1, 0.15) is 31.7 Å². The molecule has 0 fully saturated rings. The Morgan fingerprint density at radius 3 is 1.31 bits per heavy atom. The first-order valence-corrected chi connectivity index (χ1v) is 21.5. The van der Waals surface area contributed by atoms with Crippen LogP contribution in [0.25, 0.3) is 27.5 Å². The van der Waals surface area contributed by atoms with Gasteiger partial charge in [0.2, 0.25) is 0 Å². The average Bonchev–Trinajstić information content (AvgIpc) is 3.54. The molecule has 0 aliphatic rings. The summed E-state index contributed by atoms with van der Waals surface area (Å²) in [5, 5.41) is 7.09. The fraction of sp³-hybridized carbons (Fsp3) is 0.106. The zero-order chi connectivity index (χ0) is 35.5. The van der Waals surface area contributed by atoms with E-state index in [1.165, 1.54) is 18.4 Å². The van der Waals surface area contributed by atoms with Gasteiger partial charge < -0.3 is 13.7 Å². The molecular formula is C47H41NO2P2. The topological polar surface area (TPSA) is 39.1 Å². The Morgan fingerprint density at radius 1 is 0.423 bits per heavy atom. The first-order valence-electron chi connectivity index (χ1n) is 18.1. The van der Waals surface area contributed by atoms with Crippen LogP contribution in [0.4, 0.5) is 0 Å². The lowest BCUT2D eigenvalue weighted by Crippen LogP contribution is -2.25. The third-order valence-corrected chi connectivity index (χ3v) is 16.3. The van der Waals surface area contributed by atoms with Crippen molar-refractivity contribution in [1.82, 2.24) is 4.57 Å². The van der Waals surface area contributed by atoms with E-state index in [0.717, 1.165) is 72.2 Å². The summed E-state index contributed by atoms with van der Waals surface area (Å²) in [7, 11) is -6.29. The molecule has 7 aromatic carbocycles. The Bertz CT molecular complexity index is 2480. The number of rotatable bonds is 11. The van der Waals surface area contributed by atoms with Crippen molar-refractivity contribution in [2.75, 3.05) is 0 Å². The quantitative estimate of drug-likeness (QED) is 0.0990. The van der Waals surface area contributed by atoms with Crippen molar-refractivity contribution in [3.05, 3.63) is 188 Å². The van der Waals surface area contributed by atoms with Crippen molar-refractivity contribution in [3.8, 4) is 5.69 Å². The molecule has 0 atom stereocenters. The molecule has 3 nitrogen and oxygen atoms in total. The van der Waals surface area contributed by atoms with Crippen LogP contribution in [-0.2, 0) is 15.6 Å². The molecule has 0 radical (unpaired) electrons. The van der Waals surface area contributed by atoms with Crippen LogP contribution in [0.2, 0.25) is 0 Å². The molecule has 0 saturated carbocycles. The van der Waals surface area contributed by atoms with Gasteiger partial charge in [-0.05, 0) is 73.0 Å². The van der Waals surface area contributed by atoms with E-state index in [9.17, 15) is 0 Å². The summed E-state index contributed by atoms with van der Waals surface area (Å²) >= 11 is 0. The second kappa shape index (κ2) is 14.4. The van der Waals surface area contributed by atoms with Gasteiger partial charge in [-0.1, -0.05) is 147 Å². The molecule has 0 spiro atoms. The maximum atomic E-state index is 15.4. The summed E-state index contributed by atoms with van der Waals surface area (Å²) in [6.07, 6.45) is 4.54. The standard InChI is InChI=1S/C47H41NO2P2/c1-2-3-8-17-36-26-32-46-44(34-36)45-35-43(52(50,40-22-13-6-14-23-40)41-24-15-7-16-25-41)31-33-47(45)48(46)37-27-29-42(30-28-37)51(49,38-18-9-4-10-19-38)39-20-11-5-12-21-39/h4-7,9-16,18-35H,2-3,8,17H2,1H3. The van der Waals surface area contributed by atoms with E-state index in [1.807, 2.05) is 140 Å². The predicted molar refractivity (Wildman–Crippen MR) is 223 cm³/mol. The normalized spacial score (nSPS) is 12.0. The van der Waals surface area contributed by atoms with E-state index in [-0.39, 0.29) is 0 Å². The van der Waals surface area contributed by atoms with Crippen LogP contribution < -0.4 is 31.8 Å². The van der Waals surface area contributed by atoms with Crippen molar-refractivity contribution in [1.29, 1.82) is 0 Å². The van der Waals surface area contributed by atoms with Crippen molar-refractivity contribution in [2.24, 2.45) is 0 Å². The molecule has 5 heteroatoms. The van der Waals surface area contributed by atoms with Crippen molar-refractivity contribution >= 4 is 67.9 Å². The van der Waals surface area contributed by atoms with Gasteiger partial charge in [0, 0.05) is 48.3 Å². The Kier molecular flexibility index (Phi) is 9.42. The number of benzene rings is 7. The number of aromatic nitrogens is 1. The molecule has 52 heavy (non-hydrogen) atoms. The Balaban J connectivity index is 1.31. The summed E-state index contributed by atoms with van der Waals surface area (Å²) < 4.78 is 32.9. The molecule has 0 bridgehead atoms. The highest BCUT2D eigenvalue weighted by atomic mass is 31.2. The van der Waals surface area contributed by atoms with E-state index >= 15 is 9.13 Å². The van der Waals surface area contributed by atoms with E-state index in [0.29, 0.717) is 0 Å². The molecule has 1 aromatic heterocycles. The van der Waals surface area contributed by atoms with Gasteiger partial charge in [0.15, 0.2) is 14.3 Å². The van der Waals surface area contributed by atoms with E-state index < -0.39 is 14.3 Å². The van der Waals surface area contributed by atoms with Gasteiger partial charge in [0.25, 0.3) is 0 Å². The highest BCUT2D eigenvalue weighted by molar-refractivity contribution is 7.85. The summed E-state index contributed by atoms with van der Waals surface area (Å²) in [6.45, 7) is 2.24. The summed E-state index contributed by atoms with van der Waals surface area (Å²) in [4.78, 5) is 0. The number of hydrogen-bond acceptors (Lipinski definition) is 2. The maximum absolute atomic E-state index is 15.4. The minimum atomic E-state index is -3.18. The minimum absolute atomic E-state index is 0.793. The molecule has 8 aromatic rings. The lowest BCUT2D eigenvalue weighted by molar-refractivity contribution is 0.591. The molecule has 0 amide bonds. The molecule has 256 valence electrons. The highest BCUT2D eigenvalue weighted by Gasteiger charge is 2.31. The summed E-state index contributed by atoms with van der Waals surface area (Å²) in [5.74, 6) is 0. The van der Waals surface area contributed by atoms with Crippen LogP contribution in [0.15, 0.2) is 182 Å². The van der Waals surface area contributed by atoms with Gasteiger partial charge in [0.05, 0.1) is 11.0 Å². The molecule has 8 rings (SSSR count). The Hall–Kier alpha value is -5.20. The molecule has 0 N–H and O–H groups in total. The smallest absolute Gasteiger partial charge is 0.171 e. The van der Waals surface area contributed by atoms with Gasteiger partial charge in [-0.3, -0.25) is 0 Å². The van der Waals surface area contributed by atoms with Crippen molar-refractivity contribution < 1.29 is 9.13 Å². The van der Waals surface area contributed by atoms with E-state index in [1.54, 1.807) is 0 Å². The maximum Gasteiger partial charge on any atom is 0.171 e. The van der Waals surface area contributed by atoms with Crippen LogP contribution in [0.5, 0.6) is 0 Å². The first kappa shape index (κ1) is 33.9. The van der Waals surface area contributed by atoms with Gasteiger partial charge in [-0.15, -0.1) is 0 Å². The Morgan fingerprint density at radius 2 is 0.827 bits per heavy atom. The zero-order valence-corrected chi connectivity index (χ0v) is 31.1. The minimum Gasteiger partial charge on any atom is -0.309 e. The molecular weight excluding hydrogens is 672 g/mol. The first-order chi connectivity index (χ1) is 25.5. The van der Waals surface area contributed by atoms with Crippen LogP contribution in [-0.4, -0.2) is 4.57 Å². The summed E-state index contributed by atoms with van der Waals surface area (Å²) in [5.41, 5.74) is 4.42. The van der Waals surface area contributed by atoms with E-state index in [2.05, 4.69) is 54.0 Å². The highest BCUT2D eigenvalue weighted by Crippen LogP contribution is 2.45. The number of unbranched alkanes of at least 4 members (excludes halogenated alkanes) is 2. The van der Waals surface area contributed by atoms with Gasteiger partial charge in [0.1, 0.15) is 0 Å². The predicted octanol–water partition coefficient (Wildman–Crippen LogP) is 9.80. The molecule has 0 unspecified atom stereocenters. The molecule has 0 aliphatic carbocycles. The number of aryl methyl sites for hydroxylation is 1.